The van der Waals surface area contributed by atoms with Gasteiger partial charge in [0.25, 0.3) is 5.91 Å². The van der Waals surface area contributed by atoms with Gasteiger partial charge in [0.15, 0.2) is 0 Å². The fourth-order valence-electron chi connectivity index (χ4n) is 3.46. The SMILES string of the molecule is Cc1occc1C(=O)Nc1cc(NC(=O)C2CNNC2c2ccccc2)ccc1F. The first-order valence-electron chi connectivity index (χ1n) is 9.52. The number of hydrogen-bond donors (Lipinski definition) is 4. The second-order valence-electron chi connectivity index (χ2n) is 7.05. The maximum absolute atomic E-state index is 14.2. The second-order valence-corrected chi connectivity index (χ2v) is 7.05. The third kappa shape index (κ3) is 4.10. The van der Waals surface area contributed by atoms with Crippen molar-refractivity contribution in [1.82, 2.24) is 10.9 Å². The lowest BCUT2D eigenvalue weighted by atomic mass is 9.94. The second kappa shape index (κ2) is 8.48. The van der Waals surface area contributed by atoms with Gasteiger partial charge in [0.1, 0.15) is 11.6 Å². The van der Waals surface area contributed by atoms with E-state index < -0.39 is 11.7 Å². The van der Waals surface area contributed by atoms with E-state index in [9.17, 15) is 14.0 Å². The van der Waals surface area contributed by atoms with Gasteiger partial charge in [0, 0.05) is 12.2 Å². The molecule has 2 unspecified atom stereocenters. The van der Waals surface area contributed by atoms with Crippen molar-refractivity contribution in [2.75, 3.05) is 17.2 Å². The van der Waals surface area contributed by atoms with Crippen molar-refractivity contribution in [2.45, 2.75) is 13.0 Å². The van der Waals surface area contributed by atoms with E-state index in [-0.39, 0.29) is 23.6 Å². The largest absolute Gasteiger partial charge is 0.469 e. The molecule has 4 N–H and O–H groups in total. The Morgan fingerprint density at radius 1 is 1.10 bits per heavy atom. The molecule has 1 aliphatic rings. The van der Waals surface area contributed by atoms with E-state index in [1.165, 1.54) is 30.5 Å². The van der Waals surface area contributed by atoms with E-state index in [0.29, 0.717) is 23.6 Å². The molecule has 7 nitrogen and oxygen atoms in total. The zero-order chi connectivity index (χ0) is 21.1. The number of anilines is 2. The summed E-state index contributed by atoms with van der Waals surface area (Å²) in [5.41, 5.74) is 7.81. The zero-order valence-electron chi connectivity index (χ0n) is 16.2. The number of rotatable bonds is 5. The van der Waals surface area contributed by atoms with Gasteiger partial charge in [-0.25, -0.2) is 9.82 Å². The van der Waals surface area contributed by atoms with E-state index in [0.717, 1.165) is 5.56 Å². The van der Waals surface area contributed by atoms with E-state index in [1.807, 2.05) is 30.3 Å². The molecular formula is C22H21FN4O3. The molecule has 2 aromatic carbocycles. The number of nitrogens with one attached hydrogen (secondary N) is 4. The molecular weight excluding hydrogens is 387 g/mol. The fraction of sp³-hybridized carbons (Fsp3) is 0.182. The number of benzene rings is 2. The predicted molar refractivity (Wildman–Crippen MR) is 110 cm³/mol. The van der Waals surface area contributed by atoms with Crippen LogP contribution in [-0.2, 0) is 4.79 Å². The summed E-state index contributed by atoms with van der Waals surface area (Å²) in [4.78, 5) is 25.2. The summed E-state index contributed by atoms with van der Waals surface area (Å²) in [5.74, 6) is -1.23. The molecule has 2 atom stereocenters. The molecule has 1 aliphatic heterocycles. The van der Waals surface area contributed by atoms with Crippen LogP contribution < -0.4 is 21.5 Å². The molecule has 1 aromatic heterocycles. The number of hydrogen-bond acceptors (Lipinski definition) is 5. The van der Waals surface area contributed by atoms with E-state index in [1.54, 1.807) is 6.92 Å². The van der Waals surface area contributed by atoms with Gasteiger partial charge in [-0.15, -0.1) is 0 Å². The van der Waals surface area contributed by atoms with Crippen LogP contribution in [0.5, 0.6) is 0 Å². The number of aryl methyl sites for hydroxylation is 1. The first-order chi connectivity index (χ1) is 14.5. The van der Waals surface area contributed by atoms with Gasteiger partial charge in [0.2, 0.25) is 5.91 Å². The minimum Gasteiger partial charge on any atom is -0.469 e. The Morgan fingerprint density at radius 2 is 1.90 bits per heavy atom. The van der Waals surface area contributed by atoms with E-state index >= 15 is 0 Å². The van der Waals surface area contributed by atoms with E-state index in [4.69, 9.17) is 4.42 Å². The van der Waals surface area contributed by atoms with Crippen LogP contribution in [0.15, 0.2) is 65.3 Å². The highest BCUT2D eigenvalue weighted by atomic mass is 19.1. The van der Waals surface area contributed by atoms with Gasteiger partial charge in [0.05, 0.1) is 29.5 Å². The van der Waals surface area contributed by atoms with Gasteiger partial charge >= 0.3 is 0 Å². The summed E-state index contributed by atoms with van der Waals surface area (Å²) in [6.45, 7) is 2.10. The van der Waals surface area contributed by atoms with Gasteiger partial charge < -0.3 is 15.1 Å². The molecule has 0 aliphatic carbocycles. The summed E-state index contributed by atoms with van der Waals surface area (Å²) in [7, 11) is 0. The van der Waals surface area contributed by atoms with Crippen molar-refractivity contribution < 1.29 is 18.4 Å². The van der Waals surface area contributed by atoms with Crippen molar-refractivity contribution in [3.63, 3.8) is 0 Å². The number of carbonyl (C=O) groups excluding carboxylic acids is 2. The molecule has 1 fully saturated rings. The van der Waals surface area contributed by atoms with Crippen LogP contribution >= 0.6 is 0 Å². The smallest absolute Gasteiger partial charge is 0.259 e. The van der Waals surface area contributed by atoms with Gasteiger partial charge in [-0.1, -0.05) is 30.3 Å². The molecule has 8 heteroatoms. The van der Waals surface area contributed by atoms with Crippen LogP contribution in [0.4, 0.5) is 15.8 Å². The zero-order valence-corrected chi connectivity index (χ0v) is 16.2. The molecule has 0 radical (unpaired) electrons. The summed E-state index contributed by atoms with van der Waals surface area (Å²) < 4.78 is 19.3. The van der Waals surface area contributed by atoms with Crippen LogP contribution in [0, 0.1) is 18.7 Å². The Kier molecular flexibility index (Phi) is 5.60. The molecule has 0 saturated carbocycles. The number of furan rings is 1. The maximum atomic E-state index is 14.2. The Labute approximate surface area is 172 Å². The Morgan fingerprint density at radius 3 is 2.63 bits per heavy atom. The highest BCUT2D eigenvalue weighted by Crippen LogP contribution is 2.27. The van der Waals surface area contributed by atoms with Crippen molar-refractivity contribution in [2.24, 2.45) is 5.92 Å². The maximum Gasteiger partial charge on any atom is 0.259 e. The Balaban J connectivity index is 1.48. The molecule has 154 valence electrons. The minimum atomic E-state index is -0.603. The van der Waals surface area contributed by atoms with Crippen molar-refractivity contribution in [1.29, 1.82) is 0 Å². The van der Waals surface area contributed by atoms with Gasteiger partial charge in [-0.2, -0.15) is 0 Å². The van der Waals surface area contributed by atoms with Crippen molar-refractivity contribution >= 4 is 23.2 Å². The number of hydrazine groups is 1. The minimum absolute atomic E-state index is 0.0271. The number of amides is 2. The predicted octanol–water partition coefficient (Wildman–Crippen LogP) is 3.38. The summed E-state index contributed by atoms with van der Waals surface area (Å²) >= 11 is 0. The summed E-state index contributed by atoms with van der Waals surface area (Å²) in [5, 5.41) is 5.34. The average molecular weight is 408 g/mol. The highest BCUT2D eigenvalue weighted by molar-refractivity contribution is 6.05. The lowest BCUT2D eigenvalue weighted by molar-refractivity contribution is -0.119. The molecule has 4 rings (SSSR count). The standard InChI is InChI=1S/C22H21FN4O3/c1-13-16(9-10-30-13)21(28)26-19-11-15(7-8-18(19)23)25-22(29)17-12-24-27-20(17)14-5-3-2-4-6-14/h2-11,17,20,24,27H,12H2,1H3,(H,25,29)(H,26,28). The summed E-state index contributed by atoms with van der Waals surface area (Å²) in [6, 6.07) is 15.0. The van der Waals surface area contributed by atoms with Gasteiger partial charge in [-0.3, -0.25) is 15.0 Å². The fourth-order valence-corrected chi connectivity index (χ4v) is 3.46. The van der Waals surface area contributed by atoms with Gasteiger partial charge in [-0.05, 0) is 36.8 Å². The third-order valence-corrected chi connectivity index (χ3v) is 5.06. The van der Waals surface area contributed by atoms with Crippen LogP contribution in [0.3, 0.4) is 0 Å². The first-order valence-corrected chi connectivity index (χ1v) is 9.52. The normalized spacial score (nSPS) is 18.2. The number of carbonyl (C=O) groups is 2. The Hall–Kier alpha value is -3.49. The van der Waals surface area contributed by atoms with Crippen LogP contribution in [0.2, 0.25) is 0 Å². The van der Waals surface area contributed by atoms with Crippen LogP contribution in [-0.4, -0.2) is 18.4 Å². The van der Waals surface area contributed by atoms with Crippen molar-refractivity contribution in [3.05, 3.63) is 83.6 Å². The molecule has 30 heavy (non-hydrogen) atoms. The summed E-state index contributed by atoms with van der Waals surface area (Å²) in [6.07, 6.45) is 1.39. The molecule has 0 bridgehead atoms. The quantitative estimate of drug-likeness (QED) is 0.519. The molecule has 1 saturated heterocycles. The molecule has 2 amide bonds. The topological polar surface area (TPSA) is 95.4 Å². The lowest BCUT2D eigenvalue weighted by Gasteiger charge is -2.18. The van der Waals surface area contributed by atoms with Crippen LogP contribution in [0.25, 0.3) is 0 Å². The molecule has 2 heterocycles. The molecule has 3 aromatic rings. The number of halogens is 1. The van der Waals surface area contributed by atoms with Crippen LogP contribution in [0.1, 0.15) is 27.7 Å². The lowest BCUT2D eigenvalue weighted by Crippen LogP contribution is -2.29. The first kappa shape index (κ1) is 19.8. The highest BCUT2D eigenvalue weighted by Gasteiger charge is 2.34. The monoisotopic (exact) mass is 408 g/mol. The average Bonchev–Trinajstić information content (AvgIpc) is 3.40. The third-order valence-electron chi connectivity index (χ3n) is 5.06. The Bertz CT molecular complexity index is 1070. The van der Waals surface area contributed by atoms with E-state index in [2.05, 4.69) is 21.5 Å². The van der Waals surface area contributed by atoms with Crippen molar-refractivity contribution in [3.8, 4) is 0 Å². The molecule has 0 spiro atoms.